The zero-order chi connectivity index (χ0) is 15.3. The molecule has 7 heteroatoms. The fourth-order valence-electron chi connectivity index (χ4n) is 3.16. The maximum absolute atomic E-state index is 12.6. The second kappa shape index (κ2) is 4.72. The molecule has 1 N–H and O–H groups in total. The summed E-state index contributed by atoms with van der Waals surface area (Å²) in [4.78, 5) is 37.3. The van der Waals surface area contributed by atoms with Crippen molar-refractivity contribution in [1.82, 2.24) is 10.2 Å². The van der Waals surface area contributed by atoms with E-state index < -0.39 is 11.9 Å². The number of nitrogens with zero attached hydrogens (tertiary/aromatic N) is 1. The number of piperidine rings is 1. The average molecular weight is 302 g/mol. The predicted molar refractivity (Wildman–Crippen MR) is 73.5 cm³/mol. The SMILES string of the molecule is O=C1CC[C@H](N2Cc3c(ccc4c3OCCO4)C2=O)C(=O)N1. The summed E-state index contributed by atoms with van der Waals surface area (Å²) in [5, 5.41) is 2.29. The van der Waals surface area contributed by atoms with Gasteiger partial charge in [-0.3, -0.25) is 19.7 Å². The molecule has 1 saturated heterocycles. The largest absolute Gasteiger partial charge is 0.486 e. The summed E-state index contributed by atoms with van der Waals surface area (Å²) in [6.45, 7) is 1.22. The van der Waals surface area contributed by atoms with Crippen molar-refractivity contribution in [3.8, 4) is 11.5 Å². The van der Waals surface area contributed by atoms with Crippen LogP contribution in [-0.2, 0) is 16.1 Å². The van der Waals surface area contributed by atoms with Crippen molar-refractivity contribution in [2.24, 2.45) is 0 Å². The molecule has 3 heterocycles. The van der Waals surface area contributed by atoms with Gasteiger partial charge in [-0.1, -0.05) is 0 Å². The van der Waals surface area contributed by atoms with Crippen LogP contribution < -0.4 is 14.8 Å². The van der Waals surface area contributed by atoms with Crippen LogP contribution in [0.4, 0.5) is 0 Å². The second-order valence-electron chi connectivity index (χ2n) is 5.52. The predicted octanol–water partition coefficient (Wildman–Crippen LogP) is 0.219. The summed E-state index contributed by atoms with van der Waals surface area (Å²) >= 11 is 0. The first-order chi connectivity index (χ1) is 10.6. The van der Waals surface area contributed by atoms with Crippen LogP contribution in [0.25, 0.3) is 0 Å². The molecule has 0 aliphatic carbocycles. The molecule has 0 bridgehead atoms. The molecule has 1 atom stereocenters. The van der Waals surface area contributed by atoms with Gasteiger partial charge in [0.05, 0.1) is 6.54 Å². The van der Waals surface area contributed by atoms with Crippen molar-refractivity contribution in [2.75, 3.05) is 13.2 Å². The van der Waals surface area contributed by atoms with Crippen molar-refractivity contribution in [1.29, 1.82) is 0 Å². The molecule has 0 aromatic heterocycles. The Labute approximate surface area is 126 Å². The summed E-state index contributed by atoms with van der Waals surface area (Å²) < 4.78 is 11.2. The van der Waals surface area contributed by atoms with E-state index in [1.807, 2.05) is 0 Å². The first-order valence-corrected chi connectivity index (χ1v) is 7.21. The van der Waals surface area contributed by atoms with Gasteiger partial charge in [-0.2, -0.15) is 0 Å². The van der Waals surface area contributed by atoms with Gasteiger partial charge in [-0.05, 0) is 18.6 Å². The van der Waals surface area contributed by atoms with E-state index >= 15 is 0 Å². The van der Waals surface area contributed by atoms with Gasteiger partial charge in [0.1, 0.15) is 19.3 Å². The van der Waals surface area contributed by atoms with Crippen molar-refractivity contribution < 1.29 is 23.9 Å². The fourth-order valence-corrected chi connectivity index (χ4v) is 3.16. The number of amides is 3. The lowest BCUT2D eigenvalue weighted by Gasteiger charge is -2.29. The Morgan fingerprint density at radius 3 is 2.77 bits per heavy atom. The molecule has 4 rings (SSSR count). The van der Waals surface area contributed by atoms with E-state index in [-0.39, 0.29) is 18.2 Å². The van der Waals surface area contributed by atoms with E-state index in [0.29, 0.717) is 43.2 Å². The Bertz CT molecular complexity index is 699. The van der Waals surface area contributed by atoms with Crippen LogP contribution in [0.5, 0.6) is 11.5 Å². The highest BCUT2D eigenvalue weighted by molar-refractivity contribution is 6.05. The highest BCUT2D eigenvalue weighted by Crippen LogP contribution is 2.41. The molecule has 3 aliphatic rings. The van der Waals surface area contributed by atoms with Crippen LogP contribution in [-0.4, -0.2) is 41.9 Å². The lowest BCUT2D eigenvalue weighted by Crippen LogP contribution is -2.52. The average Bonchev–Trinajstić information content (AvgIpc) is 2.85. The van der Waals surface area contributed by atoms with Crippen LogP contribution in [0.2, 0.25) is 0 Å². The molecule has 0 saturated carbocycles. The van der Waals surface area contributed by atoms with Crippen molar-refractivity contribution >= 4 is 17.7 Å². The summed E-state index contributed by atoms with van der Waals surface area (Å²) in [7, 11) is 0. The number of hydrogen-bond donors (Lipinski definition) is 1. The summed E-state index contributed by atoms with van der Waals surface area (Å²) in [5.41, 5.74) is 1.29. The highest BCUT2D eigenvalue weighted by atomic mass is 16.6. The summed E-state index contributed by atoms with van der Waals surface area (Å²) in [6.07, 6.45) is 0.595. The number of fused-ring (bicyclic) bond motifs is 3. The lowest BCUT2D eigenvalue weighted by molar-refractivity contribution is -0.136. The van der Waals surface area contributed by atoms with Gasteiger partial charge in [-0.15, -0.1) is 0 Å². The number of rotatable bonds is 1. The minimum absolute atomic E-state index is 0.207. The van der Waals surface area contributed by atoms with Gasteiger partial charge in [0.15, 0.2) is 11.5 Å². The van der Waals surface area contributed by atoms with E-state index in [1.165, 1.54) is 4.90 Å². The molecule has 1 aromatic carbocycles. The Morgan fingerprint density at radius 2 is 1.95 bits per heavy atom. The molecule has 0 radical (unpaired) electrons. The third-order valence-electron chi connectivity index (χ3n) is 4.22. The molecule has 7 nitrogen and oxygen atoms in total. The minimum atomic E-state index is -0.613. The molecule has 0 unspecified atom stereocenters. The van der Waals surface area contributed by atoms with Crippen LogP contribution in [0, 0.1) is 0 Å². The molecular weight excluding hydrogens is 288 g/mol. The van der Waals surface area contributed by atoms with Crippen LogP contribution in [0.1, 0.15) is 28.8 Å². The molecule has 22 heavy (non-hydrogen) atoms. The van der Waals surface area contributed by atoms with E-state index in [4.69, 9.17) is 9.47 Å². The normalized spacial score (nSPS) is 23.4. The lowest BCUT2D eigenvalue weighted by atomic mass is 10.0. The first-order valence-electron chi connectivity index (χ1n) is 7.21. The third-order valence-corrected chi connectivity index (χ3v) is 4.22. The third kappa shape index (κ3) is 1.85. The van der Waals surface area contributed by atoms with Crippen LogP contribution >= 0.6 is 0 Å². The molecule has 3 aliphatic heterocycles. The zero-order valence-corrected chi connectivity index (χ0v) is 11.8. The monoisotopic (exact) mass is 302 g/mol. The minimum Gasteiger partial charge on any atom is -0.486 e. The smallest absolute Gasteiger partial charge is 0.255 e. The number of carbonyl (C=O) groups is 3. The highest BCUT2D eigenvalue weighted by Gasteiger charge is 2.41. The van der Waals surface area contributed by atoms with Gasteiger partial charge in [0.2, 0.25) is 11.8 Å². The topological polar surface area (TPSA) is 84.9 Å². The maximum atomic E-state index is 12.6. The second-order valence-corrected chi connectivity index (χ2v) is 5.52. The van der Waals surface area contributed by atoms with Gasteiger partial charge in [0.25, 0.3) is 5.91 Å². The van der Waals surface area contributed by atoms with Gasteiger partial charge < -0.3 is 14.4 Å². The Balaban J connectivity index is 1.67. The number of ether oxygens (including phenoxy) is 2. The van der Waals surface area contributed by atoms with E-state index in [2.05, 4.69) is 5.32 Å². The molecule has 0 spiro atoms. The van der Waals surface area contributed by atoms with Crippen LogP contribution in [0.15, 0.2) is 12.1 Å². The molecule has 114 valence electrons. The van der Waals surface area contributed by atoms with Crippen molar-refractivity contribution in [3.05, 3.63) is 23.3 Å². The van der Waals surface area contributed by atoms with Crippen LogP contribution in [0.3, 0.4) is 0 Å². The number of hydrogen-bond acceptors (Lipinski definition) is 5. The summed E-state index contributed by atoms with van der Waals surface area (Å²) in [5.74, 6) is 0.305. The van der Waals surface area contributed by atoms with E-state index in [0.717, 1.165) is 5.56 Å². The Kier molecular flexibility index (Phi) is 2.82. The molecule has 1 fully saturated rings. The summed E-state index contributed by atoms with van der Waals surface area (Å²) in [6, 6.07) is 2.81. The zero-order valence-electron chi connectivity index (χ0n) is 11.8. The van der Waals surface area contributed by atoms with Gasteiger partial charge in [-0.25, -0.2) is 0 Å². The van der Waals surface area contributed by atoms with Crippen molar-refractivity contribution in [3.63, 3.8) is 0 Å². The number of imide groups is 1. The number of benzene rings is 1. The molecule has 1 aromatic rings. The molecular formula is C15H14N2O5. The number of carbonyl (C=O) groups excluding carboxylic acids is 3. The Hall–Kier alpha value is -2.57. The van der Waals surface area contributed by atoms with Crippen molar-refractivity contribution in [2.45, 2.75) is 25.4 Å². The first kappa shape index (κ1) is 13.1. The fraction of sp³-hybridized carbons (Fsp3) is 0.400. The standard InChI is InChI=1S/C15H14N2O5/c18-12-4-2-10(14(19)16-12)17-7-9-8(15(17)20)1-3-11-13(9)22-6-5-21-11/h1,3,10H,2,4-7H2,(H,16,18,19)/t10-/m0/s1. The van der Waals surface area contributed by atoms with Gasteiger partial charge in [0, 0.05) is 17.5 Å². The molecule has 3 amide bonds. The van der Waals surface area contributed by atoms with E-state index in [1.54, 1.807) is 12.1 Å². The Morgan fingerprint density at radius 1 is 1.14 bits per heavy atom. The number of nitrogens with one attached hydrogen (secondary N) is 1. The van der Waals surface area contributed by atoms with Gasteiger partial charge >= 0.3 is 0 Å². The maximum Gasteiger partial charge on any atom is 0.255 e. The quantitative estimate of drug-likeness (QED) is 0.750. The van der Waals surface area contributed by atoms with E-state index in [9.17, 15) is 14.4 Å².